The molecule has 0 bridgehead atoms. The zero-order valence-electron chi connectivity index (χ0n) is 13.6. The van der Waals surface area contributed by atoms with Crippen molar-refractivity contribution in [2.45, 2.75) is 46.4 Å². The highest BCUT2D eigenvalue weighted by Gasteiger charge is 2.08. The Balaban J connectivity index is 1.96. The molecule has 0 radical (unpaired) electrons. The van der Waals surface area contributed by atoms with E-state index in [4.69, 9.17) is 4.74 Å². The fourth-order valence-electron chi connectivity index (χ4n) is 2.08. The third kappa shape index (κ3) is 4.90. The molecule has 0 aliphatic carbocycles. The van der Waals surface area contributed by atoms with Gasteiger partial charge in [0.05, 0.1) is 5.69 Å². The molecular weight excluding hydrogens is 262 g/mol. The minimum Gasteiger partial charge on any atom is -0.473 e. The Labute approximate surface area is 127 Å². The zero-order valence-corrected chi connectivity index (χ0v) is 13.6. The highest BCUT2D eigenvalue weighted by Crippen LogP contribution is 2.14. The van der Waals surface area contributed by atoms with Gasteiger partial charge in [0.1, 0.15) is 6.61 Å². The summed E-state index contributed by atoms with van der Waals surface area (Å²) in [4.78, 5) is 0. The van der Waals surface area contributed by atoms with Crippen molar-refractivity contribution in [1.82, 2.24) is 15.1 Å². The third-order valence-electron chi connectivity index (χ3n) is 3.16. The number of hydrogen-bond donors (Lipinski definition) is 1. The monoisotopic (exact) mass is 287 g/mol. The molecule has 0 aliphatic rings. The summed E-state index contributed by atoms with van der Waals surface area (Å²) in [6.45, 7) is 9.90. The lowest BCUT2D eigenvalue weighted by molar-refractivity contribution is 0.278. The molecule has 0 aliphatic heterocycles. The maximum Gasteiger partial charge on any atom is 0.212 e. The van der Waals surface area contributed by atoms with Gasteiger partial charge in [0.25, 0.3) is 0 Å². The van der Waals surface area contributed by atoms with Gasteiger partial charge in [0.2, 0.25) is 5.88 Å². The number of rotatable bonds is 5. The number of aryl methyl sites for hydroxylation is 2. The summed E-state index contributed by atoms with van der Waals surface area (Å²) in [5.74, 6) is 0.797. The van der Waals surface area contributed by atoms with Gasteiger partial charge in [-0.2, -0.15) is 5.10 Å². The molecule has 1 N–H and O–H groups in total. The van der Waals surface area contributed by atoms with Crippen LogP contribution in [0.1, 0.15) is 37.6 Å². The molecular formula is C17H25N3O. The average molecular weight is 287 g/mol. The van der Waals surface area contributed by atoms with Gasteiger partial charge in [-0.05, 0) is 38.8 Å². The quantitative estimate of drug-likeness (QED) is 0.918. The van der Waals surface area contributed by atoms with Gasteiger partial charge >= 0.3 is 0 Å². The van der Waals surface area contributed by atoms with Crippen LogP contribution in [0.4, 0.5) is 0 Å². The largest absolute Gasteiger partial charge is 0.473 e. The van der Waals surface area contributed by atoms with Crippen LogP contribution < -0.4 is 10.1 Å². The van der Waals surface area contributed by atoms with E-state index in [0.29, 0.717) is 6.61 Å². The summed E-state index contributed by atoms with van der Waals surface area (Å²) in [6, 6.07) is 10.4. The Hall–Kier alpha value is -1.81. The third-order valence-corrected chi connectivity index (χ3v) is 3.16. The van der Waals surface area contributed by atoms with Crippen molar-refractivity contribution in [3.8, 4) is 5.88 Å². The maximum atomic E-state index is 5.82. The van der Waals surface area contributed by atoms with E-state index in [1.807, 2.05) is 20.0 Å². The fraction of sp³-hybridized carbons (Fsp3) is 0.471. The number of benzene rings is 1. The molecule has 1 heterocycles. The summed E-state index contributed by atoms with van der Waals surface area (Å²) >= 11 is 0. The van der Waals surface area contributed by atoms with Crippen LogP contribution in [0.3, 0.4) is 0 Å². The van der Waals surface area contributed by atoms with E-state index in [9.17, 15) is 0 Å². The highest BCUT2D eigenvalue weighted by atomic mass is 16.5. The smallest absolute Gasteiger partial charge is 0.212 e. The summed E-state index contributed by atoms with van der Waals surface area (Å²) in [7, 11) is 1.89. The van der Waals surface area contributed by atoms with Crippen LogP contribution in [0, 0.1) is 6.92 Å². The van der Waals surface area contributed by atoms with Crippen molar-refractivity contribution >= 4 is 0 Å². The van der Waals surface area contributed by atoms with E-state index in [2.05, 4.69) is 55.5 Å². The maximum absolute atomic E-state index is 5.82. The summed E-state index contributed by atoms with van der Waals surface area (Å²) in [5, 5.41) is 7.78. The molecule has 2 rings (SSSR count). The number of hydrogen-bond acceptors (Lipinski definition) is 3. The van der Waals surface area contributed by atoms with Gasteiger partial charge in [-0.25, -0.2) is 4.68 Å². The molecule has 4 nitrogen and oxygen atoms in total. The molecule has 4 heteroatoms. The van der Waals surface area contributed by atoms with Crippen LogP contribution in [-0.4, -0.2) is 15.3 Å². The summed E-state index contributed by atoms with van der Waals surface area (Å²) in [5.41, 5.74) is 3.53. The molecule has 1 aromatic heterocycles. The number of aromatic nitrogens is 2. The molecule has 0 atom stereocenters. The second kappa shape index (κ2) is 6.31. The normalized spacial score (nSPS) is 11.7. The fourth-order valence-corrected chi connectivity index (χ4v) is 2.08. The Kier molecular flexibility index (Phi) is 4.68. The van der Waals surface area contributed by atoms with Crippen LogP contribution in [-0.2, 0) is 20.2 Å². The van der Waals surface area contributed by atoms with E-state index in [1.165, 1.54) is 11.1 Å². The van der Waals surface area contributed by atoms with Crippen LogP contribution in [0.15, 0.2) is 30.3 Å². The molecule has 0 fully saturated rings. The molecule has 114 valence electrons. The second-order valence-electron chi connectivity index (χ2n) is 6.46. The zero-order chi connectivity index (χ0) is 15.5. The topological polar surface area (TPSA) is 39.1 Å². The molecule has 0 saturated heterocycles. The van der Waals surface area contributed by atoms with Gasteiger partial charge in [0.15, 0.2) is 0 Å². The predicted octanol–water partition coefficient (Wildman–Crippen LogP) is 3.20. The van der Waals surface area contributed by atoms with Crippen LogP contribution >= 0.6 is 0 Å². The van der Waals surface area contributed by atoms with Gasteiger partial charge in [-0.3, -0.25) is 0 Å². The number of nitrogens with one attached hydrogen (secondary N) is 1. The lowest BCUT2D eigenvalue weighted by Gasteiger charge is -2.20. The molecule has 2 aromatic rings. The Morgan fingerprint density at radius 1 is 1.19 bits per heavy atom. The van der Waals surface area contributed by atoms with Crippen LogP contribution in [0.5, 0.6) is 5.88 Å². The Morgan fingerprint density at radius 2 is 1.90 bits per heavy atom. The minimum atomic E-state index is 0.124. The molecule has 0 spiro atoms. The average Bonchev–Trinajstić information content (AvgIpc) is 2.72. The van der Waals surface area contributed by atoms with Crippen LogP contribution in [0.2, 0.25) is 0 Å². The molecule has 0 unspecified atom stereocenters. The van der Waals surface area contributed by atoms with Crippen molar-refractivity contribution in [2.75, 3.05) is 0 Å². The molecule has 0 amide bonds. The summed E-state index contributed by atoms with van der Waals surface area (Å²) in [6.07, 6.45) is 0. The minimum absolute atomic E-state index is 0.124. The molecule has 0 saturated carbocycles. The standard InChI is InChI=1S/C17H25N3O/c1-13-9-16(20(5)19-13)21-12-15-8-6-7-14(10-15)11-18-17(2,3)4/h6-10,18H,11-12H2,1-5H3. The van der Waals surface area contributed by atoms with E-state index in [1.54, 1.807) is 4.68 Å². The van der Waals surface area contributed by atoms with E-state index < -0.39 is 0 Å². The van der Waals surface area contributed by atoms with E-state index in [-0.39, 0.29) is 5.54 Å². The van der Waals surface area contributed by atoms with E-state index in [0.717, 1.165) is 18.1 Å². The first-order chi connectivity index (χ1) is 9.83. The van der Waals surface area contributed by atoms with Gasteiger partial charge in [0, 0.05) is 25.2 Å². The van der Waals surface area contributed by atoms with Crippen molar-refractivity contribution in [3.05, 3.63) is 47.2 Å². The second-order valence-corrected chi connectivity index (χ2v) is 6.46. The SMILES string of the molecule is Cc1cc(OCc2cccc(CNC(C)(C)C)c2)n(C)n1. The highest BCUT2D eigenvalue weighted by molar-refractivity contribution is 5.24. The van der Waals surface area contributed by atoms with Crippen LogP contribution in [0.25, 0.3) is 0 Å². The van der Waals surface area contributed by atoms with Crippen molar-refractivity contribution in [3.63, 3.8) is 0 Å². The first kappa shape index (κ1) is 15.6. The molecule has 1 aromatic carbocycles. The first-order valence-corrected chi connectivity index (χ1v) is 7.30. The lowest BCUT2D eigenvalue weighted by Crippen LogP contribution is -2.35. The Bertz CT molecular complexity index is 596. The number of ether oxygens (including phenoxy) is 1. The predicted molar refractivity (Wildman–Crippen MR) is 85.3 cm³/mol. The number of nitrogens with zero attached hydrogens (tertiary/aromatic N) is 2. The van der Waals surface area contributed by atoms with Gasteiger partial charge in [-0.1, -0.05) is 24.3 Å². The van der Waals surface area contributed by atoms with Gasteiger partial charge in [-0.15, -0.1) is 0 Å². The first-order valence-electron chi connectivity index (χ1n) is 7.30. The van der Waals surface area contributed by atoms with E-state index >= 15 is 0 Å². The van der Waals surface area contributed by atoms with Crippen molar-refractivity contribution in [2.24, 2.45) is 7.05 Å². The Morgan fingerprint density at radius 3 is 2.52 bits per heavy atom. The van der Waals surface area contributed by atoms with Crippen molar-refractivity contribution < 1.29 is 4.74 Å². The summed E-state index contributed by atoms with van der Waals surface area (Å²) < 4.78 is 7.59. The van der Waals surface area contributed by atoms with Gasteiger partial charge < -0.3 is 10.1 Å². The lowest BCUT2D eigenvalue weighted by atomic mass is 10.1. The molecule has 21 heavy (non-hydrogen) atoms. The van der Waals surface area contributed by atoms with Crippen molar-refractivity contribution in [1.29, 1.82) is 0 Å².